The molecule has 3 heteroatoms. The Labute approximate surface area is 388 Å². The van der Waals surface area contributed by atoms with Crippen LogP contribution in [0.2, 0.25) is 0 Å². The molecular formula is C64H42N2O. The van der Waals surface area contributed by atoms with Gasteiger partial charge in [-0.2, -0.15) is 0 Å². The number of nitrogens with zero attached hydrogens (tertiary/aromatic N) is 2. The van der Waals surface area contributed by atoms with Gasteiger partial charge in [0.1, 0.15) is 11.2 Å². The third-order valence-electron chi connectivity index (χ3n) is 13.4. The third kappa shape index (κ3) is 6.84. The molecule has 0 radical (unpaired) electrons. The van der Waals surface area contributed by atoms with E-state index < -0.39 is 0 Å². The van der Waals surface area contributed by atoms with Gasteiger partial charge in [-0.3, -0.25) is 0 Å². The van der Waals surface area contributed by atoms with Crippen molar-refractivity contribution >= 4 is 71.6 Å². The second-order valence-electron chi connectivity index (χ2n) is 17.3. The monoisotopic (exact) mass is 854 g/mol. The Hall–Kier alpha value is -8.92. The smallest absolute Gasteiger partial charge is 0.136 e. The van der Waals surface area contributed by atoms with Gasteiger partial charge in [-0.25, -0.2) is 0 Å². The lowest BCUT2D eigenvalue weighted by Crippen LogP contribution is -2.10. The number of aromatic nitrogens is 1. The van der Waals surface area contributed by atoms with Crippen LogP contribution >= 0.6 is 0 Å². The summed E-state index contributed by atoms with van der Waals surface area (Å²) in [5.74, 6) is 0. The molecule has 0 spiro atoms. The molecule has 0 atom stereocenters. The van der Waals surface area contributed by atoms with Crippen molar-refractivity contribution < 1.29 is 4.42 Å². The van der Waals surface area contributed by atoms with E-state index in [4.69, 9.17) is 4.42 Å². The molecule has 13 rings (SSSR count). The van der Waals surface area contributed by atoms with Crippen molar-refractivity contribution in [3.8, 4) is 50.2 Å². The minimum absolute atomic E-state index is 0.890. The van der Waals surface area contributed by atoms with Crippen molar-refractivity contribution in [1.82, 2.24) is 4.57 Å². The maximum absolute atomic E-state index is 6.32. The van der Waals surface area contributed by atoms with E-state index in [1.165, 1.54) is 60.4 Å². The van der Waals surface area contributed by atoms with Crippen molar-refractivity contribution in [2.75, 3.05) is 4.90 Å². The number of anilines is 3. The molecular weight excluding hydrogens is 813 g/mol. The normalized spacial score (nSPS) is 11.6. The highest BCUT2D eigenvalue weighted by molar-refractivity contribution is 6.09. The van der Waals surface area contributed by atoms with Crippen LogP contribution in [0.25, 0.3) is 105 Å². The highest BCUT2D eigenvalue weighted by Gasteiger charge is 2.17. The summed E-state index contributed by atoms with van der Waals surface area (Å²) in [7, 11) is 0. The van der Waals surface area contributed by atoms with Crippen LogP contribution in [-0.2, 0) is 0 Å². The third-order valence-corrected chi connectivity index (χ3v) is 13.4. The van der Waals surface area contributed by atoms with Gasteiger partial charge in [-0.05, 0) is 146 Å². The molecule has 0 aliphatic heterocycles. The lowest BCUT2D eigenvalue weighted by Gasteiger charge is -2.26. The van der Waals surface area contributed by atoms with Gasteiger partial charge in [0, 0.05) is 44.3 Å². The van der Waals surface area contributed by atoms with Crippen LogP contribution in [0.1, 0.15) is 0 Å². The van der Waals surface area contributed by atoms with Crippen LogP contribution < -0.4 is 4.90 Å². The summed E-state index contributed by atoms with van der Waals surface area (Å²) in [5.41, 5.74) is 17.9. The van der Waals surface area contributed by atoms with Gasteiger partial charge in [0.15, 0.2) is 0 Å². The second kappa shape index (κ2) is 16.0. The lowest BCUT2D eigenvalue weighted by atomic mass is 9.98. The number of para-hydroxylation sites is 3. The molecule has 11 aromatic carbocycles. The summed E-state index contributed by atoms with van der Waals surface area (Å²) in [6.45, 7) is 0. The molecule has 0 unspecified atom stereocenters. The minimum atomic E-state index is 0.890. The van der Waals surface area contributed by atoms with Crippen molar-refractivity contribution in [1.29, 1.82) is 0 Å². The summed E-state index contributed by atoms with van der Waals surface area (Å²) in [4.78, 5) is 2.35. The summed E-state index contributed by atoms with van der Waals surface area (Å²) >= 11 is 0. The zero-order chi connectivity index (χ0) is 44.3. The molecule has 314 valence electrons. The first kappa shape index (κ1) is 38.5. The van der Waals surface area contributed by atoms with Gasteiger partial charge in [-0.1, -0.05) is 164 Å². The molecule has 0 saturated carbocycles. The number of hydrogen-bond donors (Lipinski definition) is 0. The van der Waals surface area contributed by atoms with E-state index in [-0.39, 0.29) is 0 Å². The van der Waals surface area contributed by atoms with Crippen LogP contribution in [0.5, 0.6) is 0 Å². The van der Waals surface area contributed by atoms with E-state index in [1.54, 1.807) is 0 Å². The quantitative estimate of drug-likeness (QED) is 0.152. The molecule has 2 heterocycles. The molecule has 67 heavy (non-hydrogen) atoms. The van der Waals surface area contributed by atoms with E-state index in [1.807, 2.05) is 12.1 Å². The maximum atomic E-state index is 6.32. The Morgan fingerprint density at radius 2 is 0.746 bits per heavy atom. The fourth-order valence-electron chi connectivity index (χ4n) is 10.0. The van der Waals surface area contributed by atoms with Crippen molar-refractivity contribution in [3.05, 3.63) is 255 Å². The molecule has 0 amide bonds. The van der Waals surface area contributed by atoms with E-state index in [0.29, 0.717) is 0 Å². The van der Waals surface area contributed by atoms with E-state index in [0.717, 1.165) is 61.4 Å². The van der Waals surface area contributed by atoms with Gasteiger partial charge < -0.3 is 13.9 Å². The summed E-state index contributed by atoms with van der Waals surface area (Å²) < 4.78 is 8.68. The Morgan fingerprint density at radius 1 is 0.269 bits per heavy atom. The summed E-state index contributed by atoms with van der Waals surface area (Å²) in [6.07, 6.45) is 0. The van der Waals surface area contributed by atoms with E-state index in [2.05, 4.69) is 252 Å². The van der Waals surface area contributed by atoms with Crippen molar-refractivity contribution in [2.45, 2.75) is 0 Å². The van der Waals surface area contributed by atoms with E-state index >= 15 is 0 Å². The number of benzene rings is 11. The fourth-order valence-corrected chi connectivity index (χ4v) is 10.0. The molecule has 0 N–H and O–H groups in total. The van der Waals surface area contributed by atoms with Crippen LogP contribution in [0.4, 0.5) is 17.1 Å². The molecule has 3 nitrogen and oxygen atoms in total. The highest BCUT2D eigenvalue weighted by atomic mass is 16.3. The molecule has 13 aromatic rings. The standard InChI is InChI=1S/C64H42N2O/c1-2-12-47-40-51(24-23-43(47)11-1)46-27-34-54(35-28-46)65(56-16-10-15-50(41-56)52-31-38-60-59-19-5-8-22-63(59)67-64(60)42-52)53-32-25-44(26-33-53)48-13-9-14-49(39-48)45-29-36-55(37-30-45)66-61-20-6-3-17-57(61)58-18-4-7-21-62(58)66/h1-42H. The second-order valence-corrected chi connectivity index (χ2v) is 17.3. The van der Waals surface area contributed by atoms with Crippen molar-refractivity contribution in [2.24, 2.45) is 0 Å². The molecule has 0 bridgehead atoms. The summed E-state index contributed by atoms with van der Waals surface area (Å²) in [6, 6.07) is 92.0. The highest BCUT2D eigenvalue weighted by Crippen LogP contribution is 2.40. The van der Waals surface area contributed by atoms with Gasteiger partial charge in [0.05, 0.1) is 11.0 Å². The number of rotatable bonds is 8. The number of furan rings is 1. The number of hydrogen-bond acceptors (Lipinski definition) is 2. The average molecular weight is 855 g/mol. The molecule has 0 saturated heterocycles. The average Bonchev–Trinajstić information content (AvgIpc) is 3.95. The molecule has 0 aliphatic carbocycles. The summed E-state index contributed by atoms with van der Waals surface area (Å²) in [5, 5.41) is 7.28. The SMILES string of the molecule is c1cc(-c2ccc(N(c3ccc(-c4ccc5ccccc5c4)cc3)c3cccc(-c4ccc5c(c4)oc4ccccc45)c3)cc2)cc(-c2ccc(-n3c4ccccc4c4ccccc43)cc2)c1. The first-order valence-corrected chi connectivity index (χ1v) is 22.9. The topological polar surface area (TPSA) is 21.3 Å². The van der Waals surface area contributed by atoms with Gasteiger partial charge in [-0.15, -0.1) is 0 Å². The predicted octanol–water partition coefficient (Wildman–Crippen LogP) is 18.0. The minimum Gasteiger partial charge on any atom is -0.456 e. The Kier molecular flexibility index (Phi) is 9.17. The van der Waals surface area contributed by atoms with Crippen LogP contribution in [0.3, 0.4) is 0 Å². The predicted molar refractivity (Wildman–Crippen MR) is 282 cm³/mol. The van der Waals surface area contributed by atoms with Gasteiger partial charge >= 0.3 is 0 Å². The Bertz CT molecular complexity index is 3920. The largest absolute Gasteiger partial charge is 0.456 e. The lowest BCUT2D eigenvalue weighted by molar-refractivity contribution is 0.669. The van der Waals surface area contributed by atoms with Crippen LogP contribution in [0, 0.1) is 0 Å². The Morgan fingerprint density at radius 3 is 1.42 bits per heavy atom. The van der Waals surface area contributed by atoms with Crippen molar-refractivity contribution in [3.63, 3.8) is 0 Å². The first-order chi connectivity index (χ1) is 33.2. The van der Waals surface area contributed by atoms with Crippen LogP contribution in [0.15, 0.2) is 259 Å². The zero-order valence-electron chi connectivity index (χ0n) is 36.6. The van der Waals surface area contributed by atoms with Gasteiger partial charge in [0.25, 0.3) is 0 Å². The van der Waals surface area contributed by atoms with E-state index in [9.17, 15) is 0 Å². The molecule has 2 aromatic heterocycles. The zero-order valence-corrected chi connectivity index (χ0v) is 36.6. The van der Waals surface area contributed by atoms with Gasteiger partial charge in [0.2, 0.25) is 0 Å². The number of fused-ring (bicyclic) bond motifs is 7. The maximum Gasteiger partial charge on any atom is 0.136 e. The molecule has 0 fully saturated rings. The fraction of sp³-hybridized carbons (Fsp3) is 0. The molecule has 0 aliphatic rings. The first-order valence-electron chi connectivity index (χ1n) is 22.9. The Balaban J connectivity index is 0.842. The van der Waals surface area contributed by atoms with Crippen LogP contribution in [-0.4, -0.2) is 4.57 Å².